The summed E-state index contributed by atoms with van der Waals surface area (Å²) in [7, 11) is 0. The van der Waals surface area contributed by atoms with Crippen molar-refractivity contribution in [1.82, 2.24) is 10.6 Å². The van der Waals surface area contributed by atoms with Gasteiger partial charge in [0.15, 0.2) is 0 Å². The van der Waals surface area contributed by atoms with E-state index in [4.69, 9.17) is 5.73 Å². The normalized spacial score (nSPS) is 11.1. The third-order valence-electron chi connectivity index (χ3n) is 2.94. The molecule has 0 unspecified atom stereocenters. The lowest BCUT2D eigenvalue weighted by molar-refractivity contribution is -0.782. The van der Waals surface area contributed by atoms with Crippen molar-refractivity contribution in [3.63, 3.8) is 0 Å². The molecule has 1 aromatic heterocycles. The van der Waals surface area contributed by atoms with E-state index in [-0.39, 0.29) is 11.4 Å². The van der Waals surface area contributed by atoms with Crippen LogP contribution < -0.4 is 16.1 Å². The number of amides is 1. The smallest absolute Gasteiger partial charge is 0.271 e. The molecule has 1 amide bonds. The number of carbonyl (C=O) groups is 1. The number of hydrogen-bond donors (Lipinski definition) is 2. The lowest BCUT2D eigenvalue weighted by Gasteiger charge is -2.00. The van der Waals surface area contributed by atoms with Crippen molar-refractivity contribution in [2.75, 3.05) is 5.73 Å². The van der Waals surface area contributed by atoms with E-state index in [9.17, 15) is 10.0 Å². The molecule has 0 aliphatic rings. The van der Waals surface area contributed by atoms with Gasteiger partial charge in [-0.15, -0.1) is 0 Å². The Morgan fingerprint density at radius 2 is 2.23 bits per heavy atom. The van der Waals surface area contributed by atoms with Gasteiger partial charge in [0.25, 0.3) is 5.91 Å². The zero-order valence-electron chi connectivity index (χ0n) is 11.3. The Kier molecular flexibility index (Phi) is 3.40. The van der Waals surface area contributed by atoms with Gasteiger partial charge in [-0.2, -0.15) is 5.10 Å². The zero-order chi connectivity index (χ0) is 15.5. The van der Waals surface area contributed by atoms with Gasteiger partial charge in [0.2, 0.25) is 11.0 Å². The summed E-state index contributed by atoms with van der Waals surface area (Å²) in [5.41, 5.74) is 10.2. The summed E-state index contributed by atoms with van der Waals surface area (Å²) >= 11 is 0. The molecule has 0 saturated carbocycles. The van der Waals surface area contributed by atoms with Crippen LogP contribution >= 0.6 is 0 Å². The fourth-order valence-electron chi connectivity index (χ4n) is 1.88. The highest BCUT2D eigenvalue weighted by atomic mass is 16.8. The number of fused-ring (bicyclic) bond motifs is 1. The Bertz CT molecular complexity index is 872. The minimum Gasteiger partial charge on any atom is -0.399 e. The average Bonchev–Trinajstić information content (AvgIpc) is 2.88. The molecule has 3 aromatic rings. The second-order valence-electron chi connectivity index (χ2n) is 4.50. The van der Waals surface area contributed by atoms with Gasteiger partial charge in [0.05, 0.1) is 6.21 Å². The van der Waals surface area contributed by atoms with Crippen LogP contribution in [-0.2, 0) is 0 Å². The van der Waals surface area contributed by atoms with Gasteiger partial charge in [-0.1, -0.05) is 6.07 Å². The van der Waals surface area contributed by atoms with Gasteiger partial charge < -0.3 is 10.9 Å². The molecule has 0 radical (unpaired) electrons. The first-order valence-corrected chi connectivity index (χ1v) is 6.32. The molecule has 0 spiro atoms. The summed E-state index contributed by atoms with van der Waals surface area (Å²) in [6, 6.07) is 11.4. The van der Waals surface area contributed by atoms with Crippen LogP contribution in [0.3, 0.4) is 0 Å². The Hall–Kier alpha value is -3.42. The molecule has 3 N–H and O–H groups in total. The standard InChI is InChI=1S/C14H11N5O3/c15-11-3-1-2-10(7-11)14(20)17-16-8-9-4-5-12-13(6-9)19(21)22-18-12/h1-8H,15H2,(H,17,20)/b16-8+. The van der Waals surface area contributed by atoms with Crippen LogP contribution in [0.25, 0.3) is 11.0 Å². The maximum atomic E-state index is 11.9. The van der Waals surface area contributed by atoms with Crippen molar-refractivity contribution in [3.05, 3.63) is 58.8 Å². The van der Waals surface area contributed by atoms with Gasteiger partial charge in [0, 0.05) is 22.5 Å². The Morgan fingerprint density at radius 3 is 3.05 bits per heavy atom. The molecule has 0 aliphatic carbocycles. The van der Waals surface area contributed by atoms with Gasteiger partial charge in [0.1, 0.15) is 0 Å². The zero-order valence-corrected chi connectivity index (χ0v) is 11.3. The Labute approximate surface area is 124 Å². The number of hydrogen-bond acceptors (Lipinski definition) is 6. The van der Waals surface area contributed by atoms with Crippen LogP contribution in [0.5, 0.6) is 0 Å². The first-order valence-electron chi connectivity index (χ1n) is 6.32. The molecule has 1 heterocycles. The van der Waals surface area contributed by atoms with Crippen molar-refractivity contribution >= 4 is 28.8 Å². The number of carbonyl (C=O) groups excluding carboxylic acids is 1. The molecule has 3 rings (SSSR count). The molecule has 8 nitrogen and oxygen atoms in total. The number of anilines is 1. The number of hydrazone groups is 1. The number of nitrogen functional groups attached to an aromatic ring is 1. The fourth-order valence-corrected chi connectivity index (χ4v) is 1.88. The maximum absolute atomic E-state index is 11.9. The van der Waals surface area contributed by atoms with Crippen molar-refractivity contribution in [2.24, 2.45) is 5.10 Å². The minimum atomic E-state index is -0.381. The number of aromatic nitrogens is 2. The van der Waals surface area contributed by atoms with E-state index in [1.807, 2.05) is 0 Å². The summed E-state index contributed by atoms with van der Waals surface area (Å²) in [5.74, 6) is -0.381. The number of benzene rings is 2. The molecule has 110 valence electrons. The molecule has 0 bridgehead atoms. The summed E-state index contributed by atoms with van der Waals surface area (Å²) in [6.45, 7) is 0. The van der Waals surface area contributed by atoms with Crippen LogP contribution in [0.4, 0.5) is 5.69 Å². The highest BCUT2D eigenvalue weighted by Gasteiger charge is 2.08. The Balaban J connectivity index is 1.73. The van der Waals surface area contributed by atoms with E-state index < -0.39 is 0 Å². The summed E-state index contributed by atoms with van der Waals surface area (Å²) in [4.78, 5) is 12.2. The van der Waals surface area contributed by atoms with Crippen molar-refractivity contribution in [2.45, 2.75) is 0 Å². The van der Waals surface area contributed by atoms with Crippen LogP contribution in [0, 0.1) is 5.21 Å². The summed E-state index contributed by atoms with van der Waals surface area (Å²) in [5, 5.41) is 18.7. The van der Waals surface area contributed by atoms with Gasteiger partial charge >= 0.3 is 0 Å². The fraction of sp³-hybridized carbons (Fsp3) is 0. The number of rotatable bonds is 3. The second kappa shape index (κ2) is 5.52. The SMILES string of the molecule is Nc1cccc(C(=O)N/N=C/c2ccc3no[n+]([O-])c3c2)c1. The maximum Gasteiger partial charge on any atom is 0.271 e. The lowest BCUT2D eigenvalue weighted by atomic mass is 10.2. The number of nitrogens with one attached hydrogen (secondary N) is 1. The van der Waals surface area contributed by atoms with Crippen LogP contribution in [0.1, 0.15) is 15.9 Å². The molecule has 22 heavy (non-hydrogen) atoms. The van der Waals surface area contributed by atoms with E-state index in [0.717, 1.165) is 0 Å². The van der Waals surface area contributed by atoms with Crippen LogP contribution in [0.2, 0.25) is 0 Å². The highest BCUT2D eigenvalue weighted by Crippen LogP contribution is 2.09. The average molecular weight is 297 g/mol. The molecule has 8 heteroatoms. The van der Waals surface area contributed by atoms with Gasteiger partial charge in [-0.25, -0.2) is 5.43 Å². The number of nitrogens with zero attached hydrogens (tertiary/aromatic N) is 3. The van der Waals surface area contributed by atoms with E-state index in [0.29, 0.717) is 27.2 Å². The summed E-state index contributed by atoms with van der Waals surface area (Å²) in [6.07, 6.45) is 1.41. The third-order valence-corrected chi connectivity index (χ3v) is 2.94. The third kappa shape index (κ3) is 2.70. The molecule has 0 aliphatic heterocycles. The minimum absolute atomic E-state index is 0.283. The molecule has 2 aromatic carbocycles. The second-order valence-corrected chi connectivity index (χ2v) is 4.50. The first-order chi connectivity index (χ1) is 10.6. The molecular weight excluding hydrogens is 286 g/mol. The topological polar surface area (TPSA) is 120 Å². The van der Waals surface area contributed by atoms with E-state index in [1.54, 1.807) is 42.5 Å². The molecule has 0 fully saturated rings. The molecular formula is C14H11N5O3. The Morgan fingerprint density at radius 1 is 1.36 bits per heavy atom. The van der Waals surface area contributed by atoms with E-state index >= 15 is 0 Å². The van der Waals surface area contributed by atoms with Gasteiger partial charge in [-0.05, 0) is 40.8 Å². The largest absolute Gasteiger partial charge is 0.399 e. The molecule has 0 atom stereocenters. The van der Waals surface area contributed by atoms with Crippen molar-refractivity contribution in [1.29, 1.82) is 0 Å². The van der Waals surface area contributed by atoms with Crippen molar-refractivity contribution < 1.29 is 14.3 Å². The molecule has 0 saturated heterocycles. The van der Waals surface area contributed by atoms with E-state index in [2.05, 4.69) is 20.3 Å². The number of nitrogens with two attached hydrogens (primary N) is 1. The summed E-state index contributed by atoms with van der Waals surface area (Å²) < 4.78 is 4.47. The van der Waals surface area contributed by atoms with Crippen LogP contribution in [0.15, 0.2) is 52.2 Å². The van der Waals surface area contributed by atoms with Crippen LogP contribution in [-0.4, -0.2) is 17.3 Å². The lowest BCUT2D eigenvalue weighted by Crippen LogP contribution is -2.22. The predicted molar refractivity (Wildman–Crippen MR) is 78.9 cm³/mol. The van der Waals surface area contributed by atoms with Crippen molar-refractivity contribution in [3.8, 4) is 0 Å². The predicted octanol–water partition coefficient (Wildman–Crippen LogP) is 0.807. The van der Waals surface area contributed by atoms with E-state index in [1.165, 1.54) is 6.21 Å². The highest BCUT2D eigenvalue weighted by molar-refractivity contribution is 5.95. The first kappa shape index (κ1) is 13.6. The van der Waals surface area contributed by atoms with Gasteiger partial charge in [-0.3, -0.25) is 9.42 Å². The monoisotopic (exact) mass is 297 g/mol. The quantitative estimate of drug-likeness (QED) is 0.321.